The van der Waals surface area contributed by atoms with E-state index in [-0.39, 0.29) is 0 Å². The van der Waals surface area contributed by atoms with Crippen molar-refractivity contribution < 1.29 is 0 Å². The van der Waals surface area contributed by atoms with Gasteiger partial charge in [0.25, 0.3) is 0 Å². The summed E-state index contributed by atoms with van der Waals surface area (Å²) in [6.45, 7) is 6.42. The normalized spacial score (nSPS) is 10.9. The first kappa shape index (κ1) is 12.1. The third kappa shape index (κ3) is 5.50. The van der Waals surface area contributed by atoms with Crippen molar-refractivity contribution >= 4 is 0 Å². The monoisotopic (exact) mass is 207 g/mol. The predicted octanol–water partition coefficient (Wildman–Crippen LogP) is 1.17. The van der Waals surface area contributed by atoms with Gasteiger partial charge >= 0.3 is 0 Å². The number of nitrogens with one attached hydrogen (secondary N) is 1. The summed E-state index contributed by atoms with van der Waals surface area (Å²) >= 11 is 0. The molecule has 0 aliphatic carbocycles. The van der Waals surface area contributed by atoms with Crippen molar-refractivity contribution in [2.75, 3.05) is 33.2 Å². The number of hydrogen-bond donors (Lipinski definition) is 1. The van der Waals surface area contributed by atoms with Crippen molar-refractivity contribution in [3.8, 4) is 0 Å². The van der Waals surface area contributed by atoms with Crippen LogP contribution in [0.25, 0.3) is 0 Å². The maximum absolute atomic E-state index is 4.30. The van der Waals surface area contributed by atoms with Crippen molar-refractivity contribution in [1.82, 2.24) is 15.2 Å². The zero-order chi connectivity index (χ0) is 10.9. The lowest BCUT2D eigenvalue weighted by Crippen LogP contribution is -2.30. The molecule has 0 atom stereocenters. The average Bonchev–Trinajstić information content (AvgIpc) is 2.28. The van der Waals surface area contributed by atoms with Gasteiger partial charge in [0, 0.05) is 37.9 Å². The standard InChI is InChI=1S/C12H21N3/c1-3-13-9-11-15(2)10-7-12-6-4-5-8-14-12/h4-6,8,13H,3,7,9-11H2,1-2H3. The SMILES string of the molecule is CCNCCN(C)CCc1ccccn1. The Morgan fingerprint density at radius 1 is 1.33 bits per heavy atom. The minimum atomic E-state index is 1.03. The molecule has 0 saturated carbocycles. The van der Waals surface area contributed by atoms with E-state index in [4.69, 9.17) is 0 Å². The Labute approximate surface area is 92.5 Å². The number of rotatable bonds is 7. The van der Waals surface area contributed by atoms with Gasteiger partial charge in [0.15, 0.2) is 0 Å². The van der Waals surface area contributed by atoms with E-state index in [1.54, 1.807) is 0 Å². The average molecular weight is 207 g/mol. The molecule has 1 aromatic rings. The highest BCUT2D eigenvalue weighted by Crippen LogP contribution is 1.95. The van der Waals surface area contributed by atoms with E-state index in [1.165, 1.54) is 5.69 Å². The summed E-state index contributed by atoms with van der Waals surface area (Å²) in [6, 6.07) is 6.08. The van der Waals surface area contributed by atoms with Crippen LogP contribution in [0.3, 0.4) is 0 Å². The molecule has 0 fully saturated rings. The van der Waals surface area contributed by atoms with E-state index in [0.717, 1.165) is 32.6 Å². The first-order valence-corrected chi connectivity index (χ1v) is 5.62. The van der Waals surface area contributed by atoms with Crippen LogP contribution in [0.15, 0.2) is 24.4 Å². The molecule has 3 nitrogen and oxygen atoms in total. The van der Waals surface area contributed by atoms with E-state index in [0.29, 0.717) is 0 Å². The molecule has 0 radical (unpaired) electrons. The van der Waals surface area contributed by atoms with E-state index >= 15 is 0 Å². The van der Waals surface area contributed by atoms with Crippen LogP contribution in [0.5, 0.6) is 0 Å². The van der Waals surface area contributed by atoms with Crippen LogP contribution in [0.1, 0.15) is 12.6 Å². The maximum atomic E-state index is 4.30. The molecule has 1 rings (SSSR count). The second kappa shape index (κ2) is 7.37. The van der Waals surface area contributed by atoms with Gasteiger partial charge in [0.05, 0.1) is 0 Å². The van der Waals surface area contributed by atoms with Gasteiger partial charge in [-0.15, -0.1) is 0 Å². The predicted molar refractivity (Wildman–Crippen MR) is 64.0 cm³/mol. The molecule has 0 amide bonds. The largest absolute Gasteiger partial charge is 0.316 e. The van der Waals surface area contributed by atoms with Gasteiger partial charge < -0.3 is 10.2 Å². The fraction of sp³-hybridized carbons (Fsp3) is 0.583. The molecule has 0 aromatic carbocycles. The Hall–Kier alpha value is -0.930. The van der Waals surface area contributed by atoms with Crippen molar-refractivity contribution in [2.45, 2.75) is 13.3 Å². The van der Waals surface area contributed by atoms with Gasteiger partial charge in [0.2, 0.25) is 0 Å². The molecule has 0 aliphatic heterocycles. The smallest absolute Gasteiger partial charge is 0.0416 e. The van der Waals surface area contributed by atoms with E-state index in [9.17, 15) is 0 Å². The molecule has 1 aromatic heterocycles. The highest BCUT2D eigenvalue weighted by Gasteiger charge is 1.98. The van der Waals surface area contributed by atoms with Crippen LogP contribution < -0.4 is 5.32 Å². The molecule has 1 N–H and O–H groups in total. The van der Waals surface area contributed by atoms with Gasteiger partial charge in [-0.2, -0.15) is 0 Å². The van der Waals surface area contributed by atoms with Gasteiger partial charge in [-0.25, -0.2) is 0 Å². The van der Waals surface area contributed by atoms with Gasteiger partial charge in [-0.1, -0.05) is 13.0 Å². The molecule has 84 valence electrons. The molecule has 3 heteroatoms. The fourth-order valence-corrected chi connectivity index (χ4v) is 1.41. The molecule has 1 heterocycles. The molecule has 0 spiro atoms. The van der Waals surface area contributed by atoms with Crippen molar-refractivity contribution in [1.29, 1.82) is 0 Å². The van der Waals surface area contributed by atoms with Crippen LogP contribution >= 0.6 is 0 Å². The molecular formula is C12H21N3. The lowest BCUT2D eigenvalue weighted by molar-refractivity contribution is 0.336. The highest BCUT2D eigenvalue weighted by molar-refractivity contribution is 5.03. The molecule has 0 unspecified atom stereocenters. The van der Waals surface area contributed by atoms with Gasteiger partial charge in [0.1, 0.15) is 0 Å². The fourth-order valence-electron chi connectivity index (χ4n) is 1.41. The summed E-state index contributed by atoms with van der Waals surface area (Å²) in [4.78, 5) is 6.64. The van der Waals surface area contributed by atoms with Crippen LogP contribution in [-0.4, -0.2) is 43.1 Å². The molecule has 15 heavy (non-hydrogen) atoms. The summed E-state index contributed by atoms with van der Waals surface area (Å²) in [7, 11) is 2.15. The summed E-state index contributed by atoms with van der Waals surface area (Å²) in [5.74, 6) is 0. The number of nitrogens with zero attached hydrogens (tertiary/aromatic N) is 2. The molecule has 0 bridgehead atoms. The minimum absolute atomic E-state index is 1.03. The zero-order valence-corrected chi connectivity index (χ0v) is 9.74. The van der Waals surface area contributed by atoms with Gasteiger partial charge in [-0.3, -0.25) is 4.98 Å². The number of hydrogen-bond acceptors (Lipinski definition) is 3. The van der Waals surface area contributed by atoms with Crippen LogP contribution in [0.2, 0.25) is 0 Å². The van der Waals surface area contributed by atoms with E-state index < -0.39 is 0 Å². The molecule has 0 aliphatic rings. The Morgan fingerprint density at radius 3 is 2.87 bits per heavy atom. The van der Waals surface area contributed by atoms with Crippen molar-refractivity contribution in [3.63, 3.8) is 0 Å². The number of likely N-dealkylation sites (N-methyl/N-ethyl adjacent to an activating group) is 2. The topological polar surface area (TPSA) is 28.2 Å². The first-order valence-electron chi connectivity index (χ1n) is 5.62. The second-order valence-electron chi connectivity index (χ2n) is 3.73. The highest BCUT2D eigenvalue weighted by atomic mass is 15.1. The van der Waals surface area contributed by atoms with Gasteiger partial charge in [-0.05, 0) is 25.7 Å². The molecular weight excluding hydrogens is 186 g/mol. The lowest BCUT2D eigenvalue weighted by Gasteiger charge is -2.16. The Bertz CT molecular complexity index is 248. The summed E-state index contributed by atoms with van der Waals surface area (Å²) in [5, 5.41) is 3.32. The third-order valence-corrected chi connectivity index (χ3v) is 2.40. The number of pyridine rings is 1. The first-order chi connectivity index (χ1) is 7.33. The summed E-state index contributed by atoms with van der Waals surface area (Å²) in [5.41, 5.74) is 1.17. The second-order valence-corrected chi connectivity index (χ2v) is 3.73. The zero-order valence-electron chi connectivity index (χ0n) is 9.74. The molecule has 0 saturated heterocycles. The lowest BCUT2D eigenvalue weighted by atomic mass is 10.2. The Kier molecular flexibility index (Phi) is 5.97. The van der Waals surface area contributed by atoms with Crippen LogP contribution in [0, 0.1) is 0 Å². The van der Waals surface area contributed by atoms with Crippen LogP contribution in [-0.2, 0) is 6.42 Å². The summed E-state index contributed by atoms with van der Waals surface area (Å²) in [6.07, 6.45) is 2.89. The summed E-state index contributed by atoms with van der Waals surface area (Å²) < 4.78 is 0. The Balaban J connectivity index is 2.14. The van der Waals surface area contributed by atoms with Crippen LogP contribution in [0.4, 0.5) is 0 Å². The van der Waals surface area contributed by atoms with Crippen molar-refractivity contribution in [3.05, 3.63) is 30.1 Å². The van der Waals surface area contributed by atoms with Crippen molar-refractivity contribution in [2.24, 2.45) is 0 Å². The Morgan fingerprint density at radius 2 is 2.20 bits per heavy atom. The quantitative estimate of drug-likeness (QED) is 0.680. The number of aromatic nitrogens is 1. The van der Waals surface area contributed by atoms with E-state index in [1.807, 2.05) is 18.3 Å². The van der Waals surface area contributed by atoms with E-state index in [2.05, 4.69) is 35.2 Å². The third-order valence-electron chi connectivity index (χ3n) is 2.40. The minimum Gasteiger partial charge on any atom is -0.316 e. The maximum Gasteiger partial charge on any atom is 0.0416 e.